The zero-order valence-electron chi connectivity index (χ0n) is 15.4. The molecule has 1 unspecified atom stereocenters. The van der Waals surface area contributed by atoms with Crippen LogP contribution >= 0.6 is 0 Å². The summed E-state index contributed by atoms with van der Waals surface area (Å²) in [5, 5.41) is 42.5. The number of rotatable bonds is 8. The van der Waals surface area contributed by atoms with Gasteiger partial charge >= 0.3 is 5.97 Å². The number of fused-ring (bicyclic) bond motifs is 1. The van der Waals surface area contributed by atoms with Gasteiger partial charge in [0.15, 0.2) is 17.0 Å². The number of anilines is 3. The Morgan fingerprint density at radius 3 is 2.71 bits per heavy atom. The van der Waals surface area contributed by atoms with Gasteiger partial charge in [-0.1, -0.05) is 12.1 Å². The van der Waals surface area contributed by atoms with Crippen LogP contribution in [0, 0.1) is 0 Å². The molecule has 28 heavy (non-hydrogen) atoms. The summed E-state index contributed by atoms with van der Waals surface area (Å²) in [6.07, 6.45) is 0.673. The summed E-state index contributed by atoms with van der Waals surface area (Å²) in [4.78, 5) is 20.1. The molecule has 0 aliphatic rings. The lowest BCUT2D eigenvalue weighted by Gasteiger charge is -2.15. The number of phenols is 1. The molecular weight excluding hydrogens is 366 g/mol. The van der Waals surface area contributed by atoms with Gasteiger partial charge < -0.3 is 26.0 Å². The van der Waals surface area contributed by atoms with Crippen molar-refractivity contribution in [2.75, 3.05) is 17.2 Å². The van der Waals surface area contributed by atoms with Crippen LogP contribution < -0.4 is 10.6 Å². The highest BCUT2D eigenvalue weighted by molar-refractivity contribution is 5.93. The van der Waals surface area contributed by atoms with Crippen LogP contribution in [0.3, 0.4) is 0 Å². The van der Waals surface area contributed by atoms with Crippen molar-refractivity contribution in [2.24, 2.45) is 0 Å². The largest absolute Gasteiger partial charge is 0.507 e. The summed E-state index contributed by atoms with van der Waals surface area (Å²) < 4.78 is 1.60. The van der Waals surface area contributed by atoms with Crippen LogP contribution in [0.15, 0.2) is 18.2 Å². The molecule has 3 rings (SSSR count). The molecule has 0 aliphatic heterocycles. The number of aromatic nitrogens is 5. The number of benzene rings is 1. The van der Waals surface area contributed by atoms with Crippen molar-refractivity contribution in [3.05, 3.63) is 23.8 Å². The van der Waals surface area contributed by atoms with Crippen molar-refractivity contribution in [3.63, 3.8) is 0 Å². The Labute approximate surface area is 160 Å². The topological polar surface area (TPSA) is 158 Å². The number of carboxylic acid groups (broad SMARTS) is 1. The number of aliphatic hydroxyl groups excluding tert-OH is 1. The van der Waals surface area contributed by atoms with Crippen molar-refractivity contribution in [2.45, 2.75) is 32.9 Å². The molecule has 5 N–H and O–H groups in total. The molecule has 0 saturated carbocycles. The number of aromatic hydroxyl groups is 1. The standard InChI is InChI=1S/C17H21N7O4/c1-3-9(8-25)19-17-20-14(13-15(21-17)24(4-2)23-22-13)18-10-5-6-12(26)11(7-10)16(27)28/h5-7,9,25-26H,3-4,8H2,1-2H3,(H,27,28)(H2,18,19,20,21). The Morgan fingerprint density at radius 2 is 2.07 bits per heavy atom. The van der Waals surface area contributed by atoms with Crippen molar-refractivity contribution in [3.8, 4) is 5.75 Å². The van der Waals surface area contributed by atoms with Crippen LogP contribution in [0.4, 0.5) is 17.5 Å². The van der Waals surface area contributed by atoms with E-state index in [2.05, 4.69) is 30.9 Å². The third-order valence-corrected chi connectivity index (χ3v) is 4.20. The summed E-state index contributed by atoms with van der Waals surface area (Å²) in [6.45, 7) is 4.29. The Balaban J connectivity index is 2.05. The number of hydrogen-bond acceptors (Lipinski definition) is 9. The zero-order valence-corrected chi connectivity index (χ0v) is 15.4. The Kier molecular flexibility index (Phi) is 5.54. The van der Waals surface area contributed by atoms with Gasteiger partial charge in [0, 0.05) is 12.2 Å². The van der Waals surface area contributed by atoms with Gasteiger partial charge in [0.1, 0.15) is 11.3 Å². The lowest BCUT2D eigenvalue weighted by molar-refractivity contribution is 0.0694. The summed E-state index contributed by atoms with van der Waals surface area (Å²) >= 11 is 0. The second-order valence-corrected chi connectivity index (χ2v) is 6.07. The molecule has 2 aromatic heterocycles. The Bertz CT molecular complexity index is 1000. The number of aryl methyl sites for hydroxylation is 1. The predicted octanol–water partition coefficient (Wildman–Crippen LogP) is 1.57. The van der Waals surface area contributed by atoms with E-state index in [0.29, 0.717) is 35.6 Å². The van der Waals surface area contributed by atoms with Crippen molar-refractivity contribution in [1.29, 1.82) is 0 Å². The average molecular weight is 387 g/mol. The number of carbonyl (C=O) groups is 1. The molecule has 0 fully saturated rings. The summed E-state index contributed by atoms with van der Waals surface area (Å²) in [5.74, 6) is -0.979. The molecule has 0 saturated heterocycles. The maximum atomic E-state index is 11.2. The van der Waals surface area contributed by atoms with Gasteiger partial charge in [0.25, 0.3) is 0 Å². The van der Waals surface area contributed by atoms with Crippen molar-refractivity contribution >= 4 is 34.6 Å². The number of carboxylic acids is 1. The molecule has 0 radical (unpaired) electrons. The zero-order chi connectivity index (χ0) is 20.3. The van der Waals surface area contributed by atoms with Gasteiger partial charge in [0.05, 0.1) is 12.6 Å². The third kappa shape index (κ3) is 3.78. The maximum Gasteiger partial charge on any atom is 0.339 e. The van der Waals surface area contributed by atoms with Gasteiger partial charge in [-0.15, -0.1) is 5.10 Å². The molecule has 148 valence electrons. The highest BCUT2D eigenvalue weighted by Gasteiger charge is 2.17. The highest BCUT2D eigenvalue weighted by atomic mass is 16.4. The van der Waals surface area contributed by atoms with Gasteiger partial charge in [-0.25, -0.2) is 9.48 Å². The molecule has 1 aromatic carbocycles. The van der Waals surface area contributed by atoms with E-state index in [1.54, 1.807) is 4.68 Å². The number of nitrogens with zero attached hydrogens (tertiary/aromatic N) is 5. The first-order valence-corrected chi connectivity index (χ1v) is 8.78. The lowest BCUT2D eigenvalue weighted by atomic mass is 10.2. The molecule has 1 atom stereocenters. The molecular formula is C17H21N7O4. The first-order chi connectivity index (χ1) is 13.5. The minimum absolute atomic E-state index is 0.0775. The van der Waals surface area contributed by atoms with E-state index in [1.165, 1.54) is 18.2 Å². The fourth-order valence-electron chi connectivity index (χ4n) is 2.60. The van der Waals surface area contributed by atoms with E-state index >= 15 is 0 Å². The van der Waals surface area contributed by atoms with Crippen molar-refractivity contribution in [1.82, 2.24) is 25.0 Å². The van der Waals surface area contributed by atoms with Crippen LogP contribution in [0.1, 0.15) is 30.6 Å². The fourth-order valence-corrected chi connectivity index (χ4v) is 2.60. The Morgan fingerprint density at radius 1 is 1.29 bits per heavy atom. The number of hydrogen-bond donors (Lipinski definition) is 5. The van der Waals surface area contributed by atoms with E-state index < -0.39 is 5.97 Å². The Hall–Kier alpha value is -3.47. The van der Waals surface area contributed by atoms with Gasteiger partial charge in [-0.05, 0) is 31.5 Å². The molecule has 0 spiro atoms. The first-order valence-electron chi connectivity index (χ1n) is 8.78. The average Bonchev–Trinajstić information content (AvgIpc) is 3.10. The molecule has 0 bridgehead atoms. The minimum Gasteiger partial charge on any atom is -0.507 e. The monoisotopic (exact) mass is 387 g/mol. The lowest BCUT2D eigenvalue weighted by Crippen LogP contribution is -2.24. The first kappa shape index (κ1) is 19.3. The van der Waals surface area contributed by atoms with E-state index in [4.69, 9.17) is 0 Å². The number of nitrogens with one attached hydrogen (secondary N) is 2. The molecule has 2 heterocycles. The van der Waals surface area contributed by atoms with Crippen molar-refractivity contribution < 1.29 is 20.1 Å². The van der Waals surface area contributed by atoms with E-state index in [-0.39, 0.29) is 29.9 Å². The van der Waals surface area contributed by atoms with Gasteiger partial charge in [0.2, 0.25) is 5.95 Å². The maximum absolute atomic E-state index is 11.2. The summed E-state index contributed by atoms with van der Waals surface area (Å²) in [7, 11) is 0. The molecule has 0 aliphatic carbocycles. The van der Waals surface area contributed by atoms with E-state index in [9.17, 15) is 20.1 Å². The second-order valence-electron chi connectivity index (χ2n) is 6.07. The molecule has 11 nitrogen and oxygen atoms in total. The predicted molar refractivity (Wildman–Crippen MR) is 102 cm³/mol. The number of aromatic carboxylic acids is 1. The van der Waals surface area contributed by atoms with Crippen LogP contribution in [0.2, 0.25) is 0 Å². The van der Waals surface area contributed by atoms with Crippen LogP contribution in [0.5, 0.6) is 5.75 Å². The second kappa shape index (κ2) is 8.05. The molecule has 11 heteroatoms. The summed E-state index contributed by atoms with van der Waals surface area (Å²) in [5.41, 5.74) is 1.07. The SMILES string of the molecule is CCC(CO)Nc1nc(Nc2ccc(O)c(C(=O)O)c2)c2nnn(CC)c2n1. The highest BCUT2D eigenvalue weighted by Crippen LogP contribution is 2.27. The summed E-state index contributed by atoms with van der Waals surface area (Å²) in [6, 6.07) is 3.88. The number of aliphatic hydroxyl groups is 1. The normalized spacial score (nSPS) is 12.1. The third-order valence-electron chi connectivity index (χ3n) is 4.20. The van der Waals surface area contributed by atoms with E-state index in [0.717, 1.165) is 0 Å². The molecule has 3 aromatic rings. The van der Waals surface area contributed by atoms with E-state index in [1.807, 2.05) is 13.8 Å². The quantitative estimate of drug-likeness (QED) is 0.359. The van der Waals surface area contributed by atoms with Gasteiger partial charge in [-0.2, -0.15) is 9.97 Å². The van der Waals surface area contributed by atoms with Crippen LogP contribution in [-0.4, -0.2) is 58.9 Å². The van der Waals surface area contributed by atoms with Gasteiger partial charge in [-0.3, -0.25) is 0 Å². The fraction of sp³-hybridized carbons (Fsp3) is 0.353. The van der Waals surface area contributed by atoms with Crippen LogP contribution in [0.25, 0.3) is 11.2 Å². The minimum atomic E-state index is -1.25. The smallest absolute Gasteiger partial charge is 0.339 e. The van der Waals surface area contributed by atoms with Crippen LogP contribution in [-0.2, 0) is 6.54 Å². The molecule has 0 amide bonds.